The van der Waals surface area contributed by atoms with Crippen molar-refractivity contribution < 1.29 is 9.53 Å². The van der Waals surface area contributed by atoms with Crippen LogP contribution in [0.15, 0.2) is 24.3 Å². The Kier molecular flexibility index (Phi) is 3.29. The van der Waals surface area contributed by atoms with Crippen LogP contribution in [0, 0.1) is 0 Å². The summed E-state index contributed by atoms with van der Waals surface area (Å²) in [5.74, 6) is 0.785. The molecule has 0 radical (unpaired) electrons. The average molecular weight is 261 g/mol. The van der Waals surface area contributed by atoms with Crippen LogP contribution in [0.25, 0.3) is 0 Å². The third-order valence-electron chi connectivity index (χ3n) is 3.88. The van der Waals surface area contributed by atoms with Gasteiger partial charge in [0.2, 0.25) is 0 Å². The van der Waals surface area contributed by atoms with Crippen molar-refractivity contribution in [3.05, 3.63) is 24.3 Å². The van der Waals surface area contributed by atoms with Crippen molar-refractivity contribution in [2.45, 2.75) is 12.5 Å². The molecule has 2 aliphatic heterocycles. The van der Waals surface area contributed by atoms with Gasteiger partial charge in [-0.3, -0.25) is 4.90 Å². The number of benzene rings is 1. The van der Waals surface area contributed by atoms with E-state index in [-0.39, 0.29) is 6.03 Å². The maximum Gasteiger partial charge on any atom is 0.324 e. The van der Waals surface area contributed by atoms with Crippen molar-refractivity contribution >= 4 is 11.7 Å². The van der Waals surface area contributed by atoms with Crippen LogP contribution in [0.4, 0.5) is 10.5 Å². The zero-order valence-electron chi connectivity index (χ0n) is 11.1. The maximum absolute atomic E-state index is 12.5. The van der Waals surface area contributed by atoms with E-state index in [1.54, 1.807) is 7.11 Å². The number of nitrogens with one attached hydrogen (secondary N) is 1. The fourth-order valence-corrected chi connectivity index (χ4v) is 2.82. The van der Waals surface area contributed by atoms with Gasteiger partial charge in [-0.2, -0.15) is 0 Å². The molecule has 2 aliphatic rings. The normalized spacial score (nSPS) is 23.2. The topological polar surface area (TPSA) is 44.8 Å². The number of amides is 2. The number of rotatable bonds is 2. The smallest absolute Gasteiger partial charge is 0.324 e. The van der Waals surface area contributed by atoms with Gasteiger partial charge < -0.3 is 15.0 Å². The molecule has 0 aliphatic carbocycles. The molecule has 1 unspecified atom stereocenters. The molecule has 1 N–H and O–H groups in total. The molecule has 2 fully saturated rings. The van der Waals surface area contributed by atoms with E-state index in [0.717, 1.165) is 44.0 Å². The third kappa shape index (κ3) is 2.26. The molecule has 2 amide bonds. The molecular weight excluding hydrogens is 242 g/mol. The zero-order chi connectivity index (χ0) is 13.2. The maximum atomic E-state index is 12.5. The van der Waals surface area contributed by atoms with Gasteiger partial charge in [-0.1, -0.05) is 6.07 Å². The first-order valence-electron chi connectivity index (χ1n) is 6.72. The second kappa shape index (κ2) is 5.09. The molecule has 0 spiro atoms. The minimum absolute atomic E-state index is 0.117. The summed E-state index contributed by atoms with van der Waals surface area (Å²) in [7, 11) is 1.64. The van der Waals surface area contributed by atoms with E-state index < -0.39 is 0 Å². The summed E-state index contributed by atoms with van der Waals surface area (Å²) in [5.41, 5.74) is 0.918. The Morgan fingerprint density at radius 2 is 2.26 bits per heavy atom. The number of piperazine rings is 1. The lowest BCUT2D eigenvalue weighted by Crippen LogP contribution is -2.61. The van der Waals surface area contributed by atoms with E-state index in [0.29, 0.717) is 6.04 Å². The van der Waals surface area contributed by atoms with Crippen LogP contribution >= 0.6 is 0 Å². The first-order valence-corrected chi connectivity index (χ1v) is 6.72. The van der Waals surface area contributed by atoms with E-state index >= 15 is 0 Å². The van der Waals surface area contributed by atoms with Crippen molar-refractivity contribution in [3.8, 4) is 5.75 Å². The van der Waals surface area contributed by atoms with Crippen LogP contribution in [0.5, 0.6) is 5.75 Å². The highest BCUT2D eigenvalue weighted by Crippen LogP contribution is 2.26. The summed E-state index contributed by atoms with van der Waals surface area (Å²) in [6.07, 6.45) is 1.01. The van der Waals surface area contributed by atoms with E-state index in [9.17, 15) is 4.79 Å². The Bertz CT molecular complexity index is 478. The van der Waals surface area contributed by atoms with Gasteiger partial charge in [-0.05, 0) is 18.6 Å². The molecular formula is C14H19N3O2. The van der Waals surface area contributed by atoms with Crippen LogP contribution in [0.2, 0.25) is 0 Å². The molecule has 3 rings (SSSR count). The number of ether oxygens (including phenoxy) is 1. The number of anilines is 1. The predicted molar refractivity (Wildman–Crippen MR) is 73.7 cm³/mol. The second-order valence-corrected chi connectivity index (χ2v) is 4.98. The highest BCUT2D eigenvalue weighted by Gasteiger charge is 2.35. The van der Waals surface area contributed by atoms with Gasteiger partial charge in [0.15, 0.2) is 0 Å². The van der Waals surface area contributed by atoms with Gasteiger partial charge in [0.05, 0.1) is 7.11 Å². The molecule has 1 atom stereocenters. The first kappa shape index (κ1) is 12.3. The Morgan fingerprint density at radius 1 is 1.37 bits per heavy atom. The summed E-state index contributed by atoms with van der Waals surface area (Å²) in [6, 6.07) is 8.16. The second-order valence-electron chi connectivity index (χ2n) is 4.98. The molecule has 5 nitrogen and oxygen atoms in total. The van der Waals surface area contributed by atoms with Crippen LogP contribution in [-0.4, -0.2) is 50.3 Å². The number of urea groups is 1. The molecule has 0 aromatic heterocycles. The number of fused-ring (bicyclic) bond motifs is 1. The predicted octanol–water partition coefficient (Wildman–Crippen LogP) is 1.30. The van der Waals surface area contributed by atoms with E-state index in [4.69, 9.17) is 4.74 Å². The standard InChI is InChI=1S/C14H19N3O2/c1-19-13-4-2-3-11(9-13)16-7-5-12-10-15-6-8-17(12)14(16)18/h2-4,9,12,15H,5-8,10H2,1H3. The van der Waals surface area contributed by atoms with Crippen molar-refractivity contribution in [1.82, 2.24) is 10.2 Å². The SMILES string of the molecule is COc1cccc(N2CCC3CNCCN3C2=O)c1. The lowest BCUT2D eigenvalue weighted by atomic mass is 10.1. The Hall–Kier alpha value is -1.75. The fourth-order valence-electron chi connectivity index (χ4n) is 2.82. The van der Waals surface area contributed by atoms with Gasteiger partial charge in [0.1, 0.15) is 5.75 Å². The molecule has 5 heteroatoms. The minimum atomic E-state index is 0.117. The summed E-state index contributed by atoms with van der Waals surface area (Å²) < 4.78 is 5.23. The van der Waals surface area contributed by atoms with Gasteiger partial charge >= 0.3 is 6.03 Å². The van der Waals surface area contributed by atoms with E-state index in [2.05, 4.69) is 5.32 Å². The van der Waals surface area contributed by atoms with Gasteiger partial charge in [-0.25, -0.2) is 4.79 Å². The highest BCUT2D eigenvalue weighted by molar-refractivity contribution is 5.93. The third-order valence-corrected chi connectivity index (χ3v) is 3.88. The Morgan fingerprint density at radius 3 is 3.11 bits per heavy atom. The minimum Gasteiger partial charge on any atom is -0.497 e. The van der Waals surface area contributed by atoms with Crippen molar-refractivity contribution in [2.24, 2.45) is 0 Å². The number of methoxy groups -OCH3 is 1. The molecule has 2 heterocycles. The number of nitrogens with zero attached hydrogens (tertiary/aromatic N) is 2. The van der Waals surface area contributed by atoms with Crippen molar-refractivity contribution in [1.29, 1.82) is 0 Å². The summed E-state index contributed by atoms with van der Waals surface area (Å²) in [5, 5.41) is 3.34. The van der Waals surface area contributed by atoms with Crippen LogP contribution < -0.4 is 15.0 Å². The molecule has 2 saturated heterocycles. The van der Waals surface area contributed by atoms with Gasteiger partial charge in [-0.15, -0.1) is 0 Å². The zero-order valence-corrected chi connectivity index (χ0v) is 11.1. The largest absolute Gasteiger partial charge is 0.497 e. The quantitative estimate of drug-likeness (QED) is 0.872. The molecule has 102 valence electrons. The number of carbonyl (C=O) groups excluding carboxylic acids is 1. The summed E-state index contributed by atoms with van der Waals surface area (Å²) >= 11 is 0. The molecule has 0 bridgehead atoms. The number of carbonyl (C=O) groups is 1. The Labute approximate surface area is 113 Å². The van der Waals surface area contributed by atoms with Gasteiger partial charge in [0, 0.05) is 44.0 Å². The summed E-state index contributed by atoms with van der Waals surface area (Å²) in [4.78, 5) is 16.4. The van der Waals surface area contributed by atoms with Crippen molar-refractivity contribution in [2.75, 3.05) is 38.2 Å². The lowest BCUT2D eigenvalue weighted by molar-refractivity contribution is 0.147. The van der Waals surface area contributed by atoms with E-state index in [1.165, 1.54) is 0 Å². The van der Waals surface area contributed by atoms with Crippen LogP contribution in [0.1, 0.15) is 6.42 Å². The monoisotopic (exact) mass is 261 g/mol. The molecule has 19 heavy (non-hydrogen) atoms. The molecule has 1 aromatic carbocycles. The molecule has 1 aromatic rings. The lowest BCUT2D eigenvalue weighted by Gasteiger charge is -2.44. The van der Waals surface area contributed by atoms with Crippen LogP contribution in [-0.2, 0) is 0 Å². The summed E-state index contributed by atoms with van der Waals surface area (Å²) in [6.45, 7) is 3.37. The van der Waals surface area contributed by atoms with E-state index in [1.807, 2.05) is 34.1 Å². The first-order chi connectivity index (χ1) is 9.29. The Balaban J connectivity index is 1.83. The number of hydrogen-bond donors (Lipinski definition) is 1. The fraction of sp³-hybridized carbons (Fsp3) is 0.500. The highest BCUT2D eigenvalue weighted by atomic mass is 16.5. The van der Waals surface area contributed by atoms with Gasteiger partial charge in [0.25, 0.3) is 0 Å². The number of hydrogen-bond acceptors (Lipinski definition) is 3. The van der Waals surface area contributed by atoms with Crippen molar-refractivity contribution in [3.63, 3.8) is 0 Å². The van der Waals surface area contributed by atoms with Crippen LogP contribution in [0.3, 0.4) is 0 Å². The average Bonchev–Trinajstić information content (AvgIpc) is 2.48. The molecule has 0 saturated carbocycles.